The van der Waals surface area contributed by atoms with Gasteiger partial charge in [0.05, 0.1) is 22.2 Å². The summed E-state index contributed by atoms with van der Waals surface area (Å²) < 4.78 is 0. The van der Waals surface area contributed by atoms with Gasteiger partial charge >= 0.3 is 11.9 Å². The second-order valence-electron chi connectivity index (χ2n) is 10.3. The van der Waals surface area contributed by atoms with E-state index in [1.165, 1.54) is 34.0 Å². The van der Waals surface area contributed by atoms with E-state index in [2.05, 4.69) is 20.6 Å². The number of benzene rings is 2. The number of aromatic nitrogens is 2. The maximum atomic E-state index is 12.7. The second-order valence-corrected chi connectivity index (χ2v) is 12.6. The minimum absolute atomic E-state index is 0.269. The van der Waals surface area contributed by atoms with Gasteiger partial charge in [0.2, 0.25) is 0 Å². The van der Waals surface area contributed by atoms with Crippen molar-refractivity contribution < 1.29 is 29.4 Å². The standard InChI is InChI=1S/C30H30N4O6S2/c1-15(2)23(29(37)38)33-27(35)19-11-17-7-5-9-21(25(17)31-13-19)41-42-22-10-6-8-18-12-20(14-32-26(18)22)28(36)34-24(16(3)4)30(39)40/h5-16,23-24H,1-4H3,(H,33,35)(H,34,36)(H,37,38)(H,39,40)/t23-,24-/m0/s1. The Bertz CT molecular complexity index is 1550. The summed E-state index contributed by atoms with van der Waals surface area (Å²) in [6, 6.07) is 12.6. The summed E-state index contributed by atoms with van der Waals surface area (Å²) in [7, 11) is 2.93. The third kappa shape index (κ3) is 7.00. The Balaban J connectivity index is 1.52. The molecule has 218 valence electrons. The van der Waals surface area contributed by atoms with Gasteiger partial charge in [-0.25, -0.2) is 9.59 Å². The van der Waals surface area contributed by atoms with Crippen molar-refractivity contribution in [1.29, 1.82) is 0 Å². The van der Waals surface area contributed by atoms with E-state index in [9.17, 15) is 29.4 Å². The molecule has 0 bridgehead atoms. The number of fused-ring (bicyclic) bond motifs is 2. The molecule has 0 spiro atoms. The van der Waals surface area contributed by atoms with Crippen LogP contribution in [-0.4, -0.2) is 56.0 Å². The van der Waals surface area contributed by atoms with Crippen LogP contribution in [0.3, 0.4) is 0 Å². The molecule has 0 unspecified atom stereocenters. The Hall–Kier alpha value is -4.16. The summed E-state index contributed by atoms with van der Waals surface area (Å²) in [5.74, 6) is -3.75. The molecule has 0 fully saturated rings. The molecule has 0 radical (unpaired) electrons. The fourth-order valence-corrected chi connectivity index (χ4v) is 6.51. The van der Waals surface area contributed by atoms with Crippen LogP contribution in [0.1, 0.15) is 48.4 Å². The van der Waals surface area contributed by atoms with E-state index in [4.69, 9.17) is 0 Å². The second kappa shape index (κ2) is 13.2. The highest BCUT2D eigenvalue weighted by Gasteiger charge is 2.25. The van der Waals surface area contributed by atoms with Crippen LogP contribution in [0.2, 0.25) is 0 Å². The molecular formula is C30H30N4O6S2. The van der Waals surface area contributed by atoms with Crippen LogP contribution >= 0.6 is 21.6 Å². The fraction of sp³-hybridized carbons (Fsp3) is 0.267. The molecule has 0 saturated carbocycles. The summed E-state index contributed by atoms with van der Waals surface area (Å²) in [5, 5.41) is 25.4. The Morgan fingerprint density at radius 3 is 1.38 bits per heavy atom. The van der Waals surface area contributed by atoms with Gasteiger partial charge in [0.25, 0.3) is 11.8 Å². The van der Waals surface area contributed by atoms with E-state index >= 15 is 0 Å². The van der Waals surface area contributed by atoms with Gasteiger partial charge in [0.15, 0.2) is 0 Å². The lowest BCUT2D eigenvalue weighted by molar-refractivity contribution is -0.141. The number of hydrogen-bond donors (Lipinski definition) is 4. The highest BCUT2D eigenvalue weighted by Crippen LogP contribution is 2.42. The van der Waals surface area contributed by atoms with Crippen LogP contribution in [0.25, 0.3) is 21.8 Å². The number of aliphatic carboxylic acids is 2. The van der Waals surface area contributed by atoms with E-state index in [0.717, 1.165) is 20.6 Å². The maximum absolute atomic E-state index is 12.7. The van der Waals surface area contributed by atoms with Crippen molar-refractivity contribution in [3.63, 3.8) is 0 Å². The zero-order chi connectivity index (χ0) is 30.6. The molecule has 2 aromatic carbocycles. The molecule has 2 amide bonds. The number of rotatable bonds is 11. The van der Waals surface area contributed by atoms with Gasteiger partial charge in [-0.05, 0) is 36.1 Å². The number of carboxylic acids is 2. The molecule has 42 heavy (non-hydrogen) atoms. The molecule has 4 rings (SSSR count). The third-order valence-corrected chi connectivity index (χ3v) is 8.96. The summed E-state index contributed by atoms with van der Waals surface area (Å²) in [6.07, 6.45) is 2.87. The van der Waals surface area contributed by atoms with Gasteiger partial charge in [-0.1, -0.05) is 73.5 Å². The Morgan fingerprint density at radius 2 is 1.05 bits per heavy atom. The van der Waals surface area contributed by atoms with Crippen LogP contribution in [0, 0.1) is 11.8 Å². The average molecular weight is 607 g/mol. The van der Waals surface area contributed by atoms with Crippen molar-refractivity contribution in [3.05, 3.63) is 72.1 Å². The van der Waals surface area contributed by atoms with E-state index in [1.54, 1.807) is 39.8 Å². The first-order valence-electron chi connectivity index (χ1n) is 13.2. The normalized spacial score (nSPS) is 12.8. The van der Waals surface area contributed by atoms with Crippen molar-refractivity contribution >= 4 is 67.1 Å². The number of carboxylic acid groups (broad SMARTS) is 2. The molecule has 0 saturated heterocycles. The van der Waals surface area contributed by atoms with Crippen LogP contribution < -0.4 is 10.6 Å². The number of carbonyl (C=O) groups is 4. The van der Waals surface area contributed by atoms with Crippen molar-refractivity contribution in [3.8, 4) is 0 Å². The Labute approximate surface area is 250 Å². The minimum Gasteiger partial charge on any atom is -0.480 e. The van der Waals surface area contributed by atoms with Gasteiger partial charge in [0, 0.05) is 33.0 Å². The van der Waals surface area contributed by atoms with Crippen molar-refractivity contribution in [2.45, 2.75) is 49.6 Å². The third-order valence-electron chi connectivity index (χ3n) is 6.53. The number of hydrogen-bond acceptors (Lipinski definition) is 8. The number of pyridine rings is 2. The SMILES string of the molecule is CC(C)[C@H](NC(=O)c1cnc2c(SSc3cccc4cc(C(=O)N[C@H](C(=O)O)C(C)C)cnc34)cccc2c1)C(=O)O. The smallest absolute Gasteiger partial charge is 0.326 e. The summed E-state index contributed by atoms with van der Waals surface area (Å²) >= 11 is 0. The van der Waals surface area contributed by atoms with Gasteiger partial charge in [0.1, 0.15) is 12.1 Å². The number of carbonyl (C=O) groups excluding carboxylic acids is 2. The summed E-state index contributed by atoms with van der Waals surface area (Å²) in [5.41, 5.74) is 1.92. The van der Waals surface area contributed by atoms with Gasteiger partial charge < -0.3 is 20.8 Å². The van der Waals surface area contributed by atoms with Gasteiger partial charge in [-0.3, -0.25) is 19.6 Å². The minimum atomic E-state index is -1.09. The first kappa shape index (κ1) is 30.8. The van der Waals surface area contributed by atoms with E-state index < -0.39 is 35.8 Å². The first-order valence-corrected chi connectivity index (χ1v) is 15.3. The zero-order valence-electron chi connectivity index (χ0n) is 23.3. The molecule has 10 nitrogen and oxygen atoms in total. The quantitative estimate of drug-likeness (QED) is 0.166. The Kier molecular flexibility index (Phi) is 9.69. The van der Waals surface area contributed by atoms with E-state index in [-0.39, 0.29) is 23.0 Å². The van der Waals surface area contributed by atoms with Crippen LogP contribution in [0.4, 0.5) is 0 Å². The topological polar surface area (TPSA) is 159 Å². The van der Waals surface area contributed by atoms with Crippen molar-refractivity contribution in [2.75, 3.05) is 0 Å². The molecule has 2 atom stereocenters. The lowest BCUT2D eigenvalue weighted by Crippen LogP contribution is -2.44. The van der Waals surface area contributed by atoms with Crippen LogP contribution in [-0.2, 0) is 9.59 Å². The molecule has 0 aliphatic carbocycles. The lowest BCUT2D eigenvalue weighted by Gasteiger charge is -2.18. The van der Waals surface area contributed by atoms with Gasteiger partial charge in [-0.15, -0.1) is 0 Å². The zero-order valence-corrected chi connectivity index (χ0v) is 25.0. The molecule has 2 aromatic heterocycles. The molecule has 12 heteroatoms. The summed E-state index contributed by atoms with van der Waals surface area (Å²) in [4.78, 5) is 59.2. The van der Waals surface area contributed by atoms with Crippen molar-refractivity contribution in [2.24, 2.45) is 11.8 Å². The van der Waals surface area contributed by atoms with Crippen LogP contribution in [0.5, 0.6) is 0 Å². The van der Waals surface area contributed by atoms with E-state index in [0.29, 0.717) is 11.0 Å². The van der Waals surface area contributed by atoms with Gasteiger partial charge in [-0.2, -0.15) is 0 Å². The average Bonchev–Trinajstić information content (AvgIpc) is 2.95. The number of amides is 2. The highest BCUT2D eigenvalue weighted by molar-refractivity contribution is 8.76. The molecule has 2 heterocycles. The van der Waals surface area contributed by atoms with Crippen molar-refractivity contribution in [1.82, 2.24) is 20.6 Å². The van der Waals surface area contributed by atoms with Crippen LogP contribution in [0.15, 0.2) is 70.7 Å². The molecule has 0 aliphatic heterocycles. The molecule has 0 aliphatic rings. The Morgan fingerprint density at radius 1 is 0.667 bits per heavy atom. The molecule has 4 N–H and O–H groups in total. The number of para-hydroxylation sites is 2. The number of nitrogens with one attached hydrogen (secondary N) is 2. The van der Waals surface area contributed by atoms with E-state index in [1.807, 2.05) is 36.4 Å². The predicted octanol–water partition coefficient (Wildman–Crippen LogP) is 5.26. The largest absolute Gasteiger partial charge is 0.480 e. The molecule has 4 aromatic rings. The fourth-order valence-electron chi connectivity index (χ4n) is 4.21. The molecular weight excluding hydrogens is 576 g/mol. The summed E-state index contributed by atoms with van der Waals surface area (Å²) in [6.45, 7) is 6.91. The number of nitrogens with zero attached hydrogens (tertiary/aromatic N) is 2. The maximum Gasteiger partial charge on any atom is 0.326 e. The highest BCUT2D eigenvalue weighted by atomic mass is 33.1. The predicted molar refractivity (Wildman–Crippen MR) is 163 cm³/mol. The first-order chi connectivity index (χ1) is 20.0. The lowest BCUT2D eigenvalue weighted by atomic mass is 10.0. The monoisotopic (exact) mass is 606 g/mol.